The van der Waals surface area contributed by atoms with Crippen molar-refractivity contribution >= 4 is 11.5 Å². The van der Waals surface area contributed by atoms with Crippen molar-refractivity contribution in [3.05, 3.63) is 11.1 Å². The van der Waals surface area contributed by atoms with E-state index in [-0.39, 0.29) is 0 Å². The van der Waals surface area contributed by atoms with E-state index in [2.05, 4.69) is 28.8 Å². The maximum absolute atomic E-state index is 9.57. The molecule has 1 unspecified atom stereocenters. The van der Waals surface area contributed by atoms with Gasteiger partial charge in [0.1, 0.15) is 0 Å². The summed E-state index contributed by atoms with van der Waals surface area (Å²) in [6.07, 6.45) is -0.467. The Morgan fingerprint density at radius 1 is 1.50 bits per heavy atom. The molecule has 1 rings (SSSR count). The molecule has 0 amide bonds. The Bertz CT molecular complexity index is 267. The third-order valence-corrected chi connectivity index (χ3v) is 2.41. The number of aliphatic hydroxyl groups is 1. The Hall–Kier alpha value is -0.560. The largest absolute Gasteiger partial charge is 0.389 e. The molecule has 0 radical (unpaired) electrons. The third kappa shape index (κ3) is 6.12. The fourth-order valence-electron chi connectivity index (χ4n) is 1.13. The lowest BCUT2D eigenvalue weighted by molar-refractivity contribution is 0.0260. The minimum Gasteiger partial charge on any atom is -0.389 e. The second-order valence-corrected chi connectivity index (χ2v) is 4.72. The van der Waals surface area contributed by atoms with Gasteiger partial charge in [0.15, 0.2) is 0 Å². The van der Waals surface area contributed by atoms with Gasteiger partial charge in [0.05, 0.1) is 18.4 Å². The summed E-state index contributed by atoms with van der Waals surface area (Å²) < 4.78 is 9.08. The standard InChI is InChI=1S/C10H19N3O2S/c1-8(2)5-15-6-10(14)4-11-3-9-7-16-13-12-9/h7-8,10-11,14H,3-6H2,1-2H3. The highest BCUT2D eigenvalue weighted by atomic mass is 32.1. The number of rotatable bonds is 8. The normalized spacial score (nSPS) is 13.2. The van der Waals surface area contributed by atoms with Crippen molar-refractivity contribution in [3.8, 4) is 0 Å². The van der Waals surface area contributed by atoms with Crippen molar-refractivity contribution < 1.29 is 9.84 Å². The first kappa shape index (κ1) is 13.5. The lowest BCUT2D eigenvalue weighted by Gasteiger charge is -2.12. The molecule has 1 aromatic heterocycles. The summed E-state index contributed by atoms with van der Waals surface area (Å²) in [4.78, 5) is 0. The first-order chi connectivity index (χ1) is 7.68. The monoisotopic (exact) mass is 245 g/mol. The van der Waals surface area contributed by atoms with E-state index in [9.17, 15) is 5.11 Å². The maximum Gasteiger partial charge on any atom is 0.0897 e. The van der Waals surface area contributed by atoms with E-state index < -0.39 is 6.10 Å². The number of aliphatic hydroxyl groups excluding tert-OH is 1. The number of nitrogens with one attached hydrogen (secondary N) is 1. The Labute approximate surface area is 100.0 Å². The molecule has 1 aromatic rings. The quantitative estimate of drug-likeness (QED) is 0.704. The smallest absolute Gasteiger partial charge is 0.0897 e. The van der Waals surface area contributed by atoms with Crippen LogP contribution >= 0.6 is 11.5 Å². The van der Waals surface area contributed by atoms with Gasteiger partial charge in [-0.1, -0.05) is 18.3 Å². The molecule has 6 heteroatoms. The molecule has 16 heavy (non-hydrogen) atoms. The zero-order valence-electron chi connectivity index (χ0n) is 9.72. The molecule has 0 bridgehead atoms. The van der Waals surface area contributed by atoms with Crippen LogP contribution in [0.25, 0.3) is 0 Å². The first-order valence-electron chi connectivity index (χ1n) is 5.41. The minimum absolute atomic E-state index is 0.375. The molecule has 0 aliphatic rings. The fourth-order valence-corrected chi connectivity index (χ4v) is 1.58. The summed E-state index contributed by atoms with van der Waals surface area (Å²) in [5.74, 6) is 0.501. The van der Waals surface area contributed by atoms with Gasteiger partial charge in [-0.3, -0.25) is 0 Å². The highest BCUT2D eigenvalue weighted by molar-refractivity contribution is 7.03. The van der Waals surface area contributed by atoms with E-state index >= 15 is 0 Å². The average Bonchev–Trinajstić information content (AvgIpc) is 2.70. The Balaban J connectivity index is 2.00. The summed E-state index contributed by atoms with van der Waals surface area (Å²) in [6, 6.07) is 0. The molecule has 0 spiro atoms. The number of hydrogen-bond acceptors (Lipinski definition) is 6. The van der Waals surface area contributed by atoms with Crippen LogP contribution in [0, 0.1) is 5.92 Å². The lowest BCUT2D eigenvalue weighted by Crippen LogP contribution is -2.30. The Morgan fingerprint density at radius 3 is 2.94 bits per heavy atom. The fraction of sp³-hybridized carbons (Fsp3) is 0.800. The molecular formula is C10H19N3O2S. The van der Waals surface area contributed by atoms with Crippen LogP contribution in [0.2, 0.25) is 0 Å². The molecule has 0 fully saturated rings. The van der Waals surface area contributed by atoms with Gasteiger partial charge in [-0.2, -0.15) is 0 Å². The van der Waals surface area contributed by atoms with Gasteiger partial charge in [0.2, 0.25) is 0 Å². The third-order valence-electron chi connectivity index (χ3n) is 1.85. The predicted molar refractivity (Wildman–Crippen MR) is 63.3 cm³/mol. The van der Waals surface area contributed by atoms with Crippen LogP contribution in [0.4, 0.5) is 0 Å². The molecule has 5 nitrogen and oxygen atoms in total. The average molecular weight is 245 g/mol. The summed E-state index contributed by atoms with van der Waals surface area (Å²) in [5.41, 5.74) is 0.903. The van der Waals surface area contributed by atoms with Gasteiger partial charge in [0.25, 0.3) is 0 Å². The van der Waals surface area contributed by atoms with E-state index in [4.69, 9.17) is 4.74 Å². The van der Waals surface area contributed by atoms with Crippen molar-refractivity contribution in [1.29, 1.82) is 0 Å². The number of aromatic nitrogens is 2. The van der Waals surface area contributed by atoms with Crippen LogP contribution in [-0.4, -0.2) is 40.6 Å². The van der Waals surface area contributed by atoms with Crippen molar-refractivity contribution in [1.82, 2.24) is 14.9 Å². The molecule has 1 heterocycles. The second kappa shape index (κ2) is 7.67. The van der Waals surface area contributed by atoms with E-state index in [1.54, 1.807) is 0 Å². The SMILES string of the molecule is CC(C)COCC(O)CNCc1csnn1. The van der Waals surface area contributed by atoms with E-state index in [0.29, 0.717) is 32.2 Å². The molecule has 0 saturated heterocycles. The Kier molecular flexibility index (Phi) is 6.47. The van der Waals surface area contributed by atoms with E-state index in [1.165, 1.54) is 11.5 Å². The molecule has 0 saturated carbocycles. The van der Waals surface area contributed by atoms with E-state index in [0.717, 1.165) is 5.69 Å². The maximum atomic E-state index is 9.57. The first-order valence-corrected chi connectivity index (χ1v) is 6.24. The van der Waals surface area contributed by atoms with Gasteiger partial charge < -0.3 is 15.2 Å². The Morgan fingerprint density at radius 2 is 2.31 bits per heavy atom. The van der Waals surface area contributed by atoms with Gasteiger partial charge in [0, 0.05) is 25.1 Å². The summed E-state index contributed by atoms with van der Waals surface area (Å²) in [6.45, 7) is 6.38. The van der Waals surface area contributed by atoms with Crippen LogP contribution in [-0.2, 0) is 11.3 Å². The second-order valence-electron chi connectivity index (χ2n) is 4.11. The van der Waals surface area contributed by atoms with Crippen LogP contribution in [0.3, 0.4) is 0 Å². The summed E-state index contributed by atoms with van der Waals surface area (Å²) in [5, 5.41) is 18.4. The van der Waals surface area contributed by atoms with Crippen LogP contribution in [0.5, 0.6) is 0 Å². The predicted octanol–water partition coefficient (Wildman–Crippen LogP) is 0.661. The minimum atomic E-state index is -0.467. The molecule has 2 N–H and O–H groups in total. The molecular weight excluding hydrogens is 226 g/mol. The van der Waals surface area contributed by atoms with Gasteiger partial charge in [-0.25, -0.2) is 0 Å². The molecule has 1 atom stereocenters. The highest BCUT2D eigenvalue weighted by Gasteiger charge is 2.05. The number of hydrogen-bond donors (Lipinski definition) is 2. The van der Waals surface area contributed by atoms with Crippen LogP contribution < -0.4 is 5.32 Å². The molecule has 0 aliphatic heterocycles. The molecule has 92 valence electrons. The van der Waals surface area contributed by atoms with Crippen molar-refractivity contribution in [2.45, 2.75) is 26.5 Å². The molecule has 0 aromatic carbocycles. The zero-order valence-corrected chi connectivity index (χ0v) is 10.5. The van der Waals surface area contributed by atoms with Crippen molar-refractivity contribution in [2.75, 3.05) is 19.8 Å². The number of ether oxygens (including phenoxy) is 1. The van der Waals surface area contributed by atoms with Crippen molar-refractivity contribution in [2.24, 2.45) is 5.92 Å². The summed E-state index contributed by atoms with van der Waals surface area (Å²) >= 11 is 1.33. The van der Waals surface area contributed by atoms with Gasteiger partial charge in [-0.05, 0) is 17.5 Å². The highest BCUT2D eigenvalue weighted by Crippen LogP contribution is 1.96. The zero-order chi connectivity index (χ0) is 11.8. The van der Waals surface area contributed by atoms with Crippen LogP contribution in [0.15, 0.2) is 5.38 Å². The van der Waals surface area contributed by atoms with Gasteiger partial charge in [-0.15, -0.1) is 5.10 Å². The van der Waals surface area contributed by atoms with Gasteiger partial charge >= 0.3 is 0 Å². The topological polar surface area (TPSA) is 67.3 Å². The van der Waals surface area contributed by atoms with Crippen molar-refractivity contribution in [3.63, 3.8) is 0 Å². The van der Waals surface area contributed by atoms with E-state index in [1.807, 2.05) is 5.38 Å². The molecule has 0 aliphatic carbocycles. The lowest BCUT2D eigenvalue weighted by atomic mass is 10.2. The number of nitrogens with zero attached hydrogens (tertiary/aromatic N) is 2. The summed E-state index contributed by atoms with van der Waals surface area (Å²) in [7, 11) is 0. The van der Waals surface area contributed by atoms with Crippen LogP contribution in [0.1, 0.15) is 19.5 Å².